The number of hydrogen-bond donors (Lipinski definition) is 2. The zero-order valence-corrected chi connectivity index (χ0v) is 10.5. The Kier molecular flexibility index (Phi) is 3.21. The van der Waals surface area contributed by atoms with Crippen molar-refractivity contribution in [2.24, 2.45) is 5.92 Å². The predicted molar refractivity (Wildman–Crippen MR) is 70.6 cm³/mol. The smallest absolute Gasteiger partial charge is 0.302 e. The van der Waals surface area contributed by atoms with Gasteiger partial charge in [-0.1, -0.05) is 12.1 Å². The number of rotatable bonds is 2. The van der Waals surface area contributed by atoms with E-state index in [1.54, 1.807) is 0 Å². The van der Waals surface area contributed by atoms with Crippen LogP contribution >= 0.6 is 0 Å². The molecule has 0 radical (unpaired) electrons. The third-order valence-electron chi connectivity index (χ3n) is 3.59. The number of nitrogens with zero attached hydrogens (tertiary/aromatic N) is 1. The summed E-state index contributed by atoms with van der Waals surface area (Å²) in [6, 6.07) is 7.64. The third-order valence-corrected chi connectivity index (χ3v) is 3.59. The van der Waals surface area contributed by atoms with Gasteiger partial charge in [-0.05, 0) is 37.8 Å². The molecule has 2 N–H and O–H groups in total. The average Bonchev–Trinajstić information content (AvgIpc) is 2.81. The van der Waals surface area contributed by atoms with Gasteiger partial charge in [0, 0.05) is 5.92 Å². The second-order valence-electron chi connectivity index (χ2n) is 4.98. The fourth-order valence-electron chi connectivity index (χ4n) is 2.47. The first kappa shape index (κ1) is 12.2. The minimum absolute atomic E-state index is 0.0570. The van der Waals surface area contributed by atoms with E-state index in [4.69, 9.17) is 4.42 Å². The predicted octanol–water partition coefficient (Wildman–Crippen LogP) is 2.32. The largest absolute Gasteiger partial charge is 0.423 e. The van der Waals surface area contributed by atoms with Crippen molar-refractivity contribution in [2.45, 2.75) is 31.8 Å². The fraction of sp³-hybridized carbons (Fsp3) is 0.429. The Labute approximate surface area is 110 Å². The topological polar surface area (TPSA) is 75.4 Å². The standard InChI is InChI=1S/C14H16N2O3/c17-10-7-5-9(6-8-10)13(18)16-14-15-11-3-1-2-4-12(11)19-14/h1-4,9-10,17H,5-8H2,(H,15,16,18). The lowest BCUT2D eigenvalue weighted by Gasteiger charge is -2.23. The van der Waals surface area contributed by atoms with E-state index in [-0.39, 0.29) is 23.9 Å². The van der Waals surface area contributed by atoms with Gasteiger partial charge in [0.15, 0.2) is 5.58 Å². The minimum Gasteiger partial charge on any atom is -0.423 e. The summed E-state index contributed by atoms with van der Waals surface area (Å²) in [6.07, 6.45) is 2.55. The molecule has 100 valence electrons. The summed E-state index contributed by atoms with van der Waals surface area (Å²) in [6.45, 7) is 0. The maximum Gasteiger partial charge on any atom is 0.302 e. The Balaban J connectivity index is 1.68. The Hall–Kier alpha value is -1.88. The molecule has 0 spiro atoms. The number of aliphatic hydroxyl groups is 1. The van der Waals surface area contributed by atoms with Crippen molar-refractivity contribution in [1.82, 2.24) is 4.98 Å². The number of hydrogen-bond acceptors (Lipinski definition) is 4. The highest BCUT2D eigenvalue weighted by atomic mass is 16.4. The molecule has 0 unspecified atom stereocenters. The van der Waals surface area contributed by atoms with Crippen molar-refractivity contribution in [3.05, 3.63) is 24.3 Å². The third kappa shape index (κ3) is 2.61. The van der Waals surface area contributed by atoms with Crippen molar-refractivity contribution < 1.29 is 14.3 Å². The van der Waals surface area contributed by atoms with E-state index < -0.39 is 0 Å². The number of benzene rings is 1. The van der Waals surface area contributed by atoms with Gasteiger partial charge in [0.2, 0.25) is 5.91 Å². The van der Waals surface area contributed by atoms with Crippen LogP contribution in [0.5, 0.6) is 0 Å². The number of fused-ring (bicyclic) bond motifs is 1. The molecule has 19 heavy (non-hydrogen) atoms. The normalized spacial score (nSPS) is 23.4. The first-order chi connectivity index (χ1) is 9.22. The quantitative estimate of drug-likeness (QED) is 0.868. The number of aromatic nitrogens is 1. The number of carbonyl (C=O) groups is 1. The maximum absolute atomic E-state index is 12.1. The fourth-order valence-corrected chi connectivity index (χ4v) is 2.47. The summed E-state index contributed by atoms with van der Waals surface area (Å²) in [5, 5.41) is 12.1. The highest BCUT2D eigenvalue weighted by Gasteiger charge is 2.26. The van der Waals surface area contributed by atoms with Crippen molar-refractivity contribution in [1.29, 1.82) is 0 Å². The summed E-state index contributed by atoms with van der Waals surface area (Å²) in [5.41, 5.74) is 1.40. The molecular formula is C14H16N2O3. The summed E-state index contributed by atoms with van der Waals surface area (Å²) >= 11 is 0. The van der Waals surface area contributed by atoms with Gasteiger partial charge in [-0.25, -0.2) is 0 Å². The van der Waals surface area contributed by atoms with Crippen molar-refractivity contribution in [2.75, 3.05) is 5.32 Å². The van der Waals surface area contributed by atoms with Crippen LogP contribution in [0.3, 0.4) is 0 Å². The lowest BCUT2D eigenvalue weighted by molar-refractivity contribution is -0.121. The van der Waals surface area contributed by atoms with Gasteiger partial charge in [-0.2, -0.15) is 4.98 Å². The number of nitrogens with one attached hydrogen (secondary N) is 1. The van der Waals surface area contributed by atoms with E-state index in [9.17, 15) is 9.90 Å². The summed E-state index contributed by atoms with van der Waals surface area (Å²) in [5.74, 6) is -0.128. The van der Waals surface area contributed by atoms with Crippen molar-refractivity contribution in [3.8, 4) is 0 Å². The van der Waals surface area contributed by atoms with Crippen molar-refractivity contribution >= 4 is 23.0 Å². The van der Waals surface area contributed by atoms with Gasteiger partial charge in [0.1, 0.15) is 5.52 Å². The molecule has 1 saturated carbocycles. The monoisotopic (exact) mass is 260 g/mol. The molecule has 1 aliphatic carbocycles. The first-order valence-corrected chi connectivity index (χ1v) is 6.57. The molecule has 1 aromatic carbocycles. The number of aliphatic hydroxyl groups excluding tert-OH is 1. The van der Waals surface area contributed by atoms with Crippen LogP contribution in [0.4, 0.5) is 6.01 Å². The van der Waals surface area contributed by atoms with Crippen LogP contribution in [-0.4, -0.2) is 22.1 Å². The Morgan fingerprint density at radius 1 is 1.26 bits per heavy atom. The molecule has 0 atom stereocenters. The second kappa shape index (κ2) is 5.01. The number of oxazole rings is 1. The van der Waals surface area contributed by atoms with E-state index in [1.807, 2.05) is 24.3 Å². The molecule has 0 saturated heterocycles. The molecular weight excluding hydrogens is 244 g/mol. The maximum atomic E-state index is 12.1. The highest BCUT2D eigenvalue weighted by Crippen LogP contribution is 2.26. The van der Waals surface area contributed by atoms with Crippen LogP contribution in [0.15, 0.2) is 28.7 Å². The van der Waals surface area contributed by atoms with Crippen molar-refractivity contribution in [3.63, 3.8) is 0 Å². The van der Waals surface area contributed by atoms with Crippen LogP contribution in [0, 0.1) is 5.92 Å². The van der Waals surface area contributed by atoms with E-state index >= 15 is 0 Å². The molecule has 1 fully saturated rings. The van der Waals surface area contributed by atoms with Gasteiger partial charge in [0.25, 0.3) is 0 Å². The van der Waals surface area contributed by atoms with E-state index in [0.717, 1.165) is 5.52 Å². The Morgan fingerprint density at radius 3 is 2.74 bits per heavy atom. The van der Waals surface area contributed by atoms with E-state index in [1.165, 1.54) is 0 Å². The average molecular weight is 260 g/mol. The van der Waals surface area contributed by atoms with Crippen LogP contribution < -0.4 is 5.32 Å². The zero-order chi connectivity index (χ0) is 13.2. The molecule has 0 bridgehead atoms. The van der Waals surface area contributed by atoms with E-state index in [2.05, 4.69) is 10.3 Å². The first-order valence-electron chi connectivity index (χ1n) is 6.57. The number of anilines is 1. The summed E-state index contributed by atoms with van der Waals surface area (Å²) < 4.78 is 5.46. The van der Waals surface area contributed by atoms with Gasteiger partial charge in [-0.3, -0.25) is 10.1 Å². The zero-order valence-electron chi connectivity index (χ0n) is 10.5. The van der Waals surface area contributed by atoms with Gasteiger partial charge in [0.05, 0.1) is 6.10 Å². The number of amides is 1. The Morgan fingerprint density at radius 2 is 2.00 bits per heavy atom. The molecule has 2 aromatic rings. The van der Waals surface area contributed by atoms with Crippen LogP contribution in [0.1, 0.15) is 25.7 Å². The molecule has 1 aliphatic rings. The summed E-state index contributed by atoms with van der Waals surface area (Å²) in [7, 11) is 0. The lowest BCUT2D eigenvalue weighted by atomic mass is 9.87. The van der Waals surface area contributed by atoms with Gasteiger partial charge >= 0.3 is 6.01 Å². The molecule has 1 heterocycles. The highest BCUT2D eigenvalue weighted by molar-refractivity contribution is 5.91. The SMILES string of the molecule is O=C(Nc1nc2ccccc2o1)C1CCC(O)CC1. The molecule has 5 heteroatoms. The van der Waals surface area contributed by atoms with Gasteiger partial charge < -0.3 is 9.52 Å². The Bertz CT molecular complexity index is 552. The van der Waals surface area contributed by atoms with Crippen LogP contribution in [0.25, 0.3) is 11.1 Å². The number of para-hydroxylation sites is 2. The molecule has 5 nitrogen and oxygen atoms in total. The molecule has 1 aromatic heterocycles. The minimum atomic E-state index is -0.256. The lowest BCUT2D eigenvalue weighted by Crippen LogP contribution is -2.28. The van der Waals surface area contributed by atoms with Crippen LogP contribution in [-0.2, 0) is 4.79 Å². The second-order valence-corrected chi connectivity index (χ2v) is 4.98. The molecule has 3 rings (SSSR count). The molecule has 0 aliphatic heterocycles. The van der Waals surface area contributed by atoms with Crippen LogP contribution in [0.2, 0.25) is 0 Å². The summed E-state index contributed by atoms with van der Waals surface area (Å²) in [4.78, 5) is 16.3. The number of carbonyl (C=O) groups excluding carboxylic acids is 1. The molecule has 1 amide bonds. The van der Waals surface area contributed by atoms with E-state index in [0.29, 0.717) is 31.3 Å². The van der Waals surface area contributed by atoms with Gasteiger partial charge in [-0.15, -0.1) is 0 Å².